The number of carbonyl (C=O) groups is 1. The van der Waals surface area contributed by atoms with Gasteiger partial charge in [-0.25, -0.2) is 0 Å². The monoisotopic (exact) mass is 206 g/mol. The summed E-state index contributed by atoms with van der Waals surface area (Å²) in [5.41, 5.74) is 0. The van der Waals surface area contributed by atoms with Gasteiger partial charge in [-0.3, -0.25) is 4.79 Å². The molecule has 4 heteroatoms. The average molecular weight is 206 g/mol. The molecule has 0 aromatic heterocycles. The number of thioether (sulfide) groups is 1. The Morgan fingerprint density at radius 3 is 2.54 bits per heavy atom. The SMILES string of the molecule is CCC(C)SC(C)(COC)C(=O)O. The maximum Gasteiger partial charge on any atom is 0.321 e. The van der Waals surface area contributed by atoms with Gasteiger partial charge in [0.15, 0.2) is 0 Å². The molecule has 1 N–H and O–H groups in total. The van der Waals surface area contributed by atoms with Gasteiger partial charge in [0, 0.05) is 12.4 Å². The highest BCUT2D eigenvalue weighted by atomic mass is 32.2. The van der Waals surface area contributed by atoms with Crippen molar-refractivity contribution in [1.82, 2.24) is 0 Å². The molecule has 78 valence electrons. The summed E-state index contributed by atoms with van der Waals surface area (Å²) >= 11 is 1.46. The van der Waals surface area contributed by atoms with E-state index in [0.29, 0.717) is 5.25 Å². The van der Waals surface area contributed by atoms with Gasteiger partial charge in [-0.1, -0.05) is 13.8 Å². The van der Waals surface area contributed by atoms with Gasteiger partial charge in [-0.2, -0.15) is 0 Å². The first-order valence-electron chi connectivity index (χ1n) is 4.36. The third-order valence-corrected chi connectivity index (χ3v) is 3.46. The fourth-order valence-electron chi connectivity index (χ4n) is 0.949. The predicted octanol–water partition coefficient (Wildman–Crippen LogP) is 2.01. The fourth-order valence-corrected chi connectivity index (χ4v) is 2.29. The zero-order chi connectivity index (χ0) is 10.5. The van der Waals surface area contributed by atoms with E-state index in [1.165, 1.54) is 18.9 Å². The molecular formula is C9H18O3S. The predicted molar refractivity (Wildman–Crippen MR) is 55.3 cm³/mol. The van der Waals surface area contributed by atoms with Gasteiger partial charge < -0.3 is 9.84 Å². The Bertz CT molecular complexity index is 172. The van der Waals surface area contributed by atoms with E-state index in [-0.39, 0.29) is 6.61 Å². The lowest BCUT2D eigenvalue weighted by Crippen LogP contribution is -2.37. The van der Waals surface area contributed by atoms with E-state index < -0.39 is 10.7 Å². The normalized spacial score (nSPS) is 17.8. The summed E-state index contributed by atoms with van der Waals surface area (Å²) in [6.07, 6.45) is 0.969. The van der Waals surface area contributed by atoms with Gasteiger partial charge in [0.2, 0.25) is 0 Å². The lowest BCUT2D eigenvalue weighted by Gasteiger charge is -2.26. The van der Waals surface area contributed by atoms with Crippen LogP contribution in [0.1, 0.15) is 27.2 Å². The minimum atomic E-state index is -0.815. The van der Waals surface area contributed by atoms with Gasteiger partial charge in [-0.05, 0) is 13.3 Å². The first-order valence-corrected chi connectivity index (χ1v) is 5.24. The van der Waals surface area contributed by atoms with Crippen LogP contribution in [0.2, 0.25) is 0 Å². The van der Waals surface area contributed by atoms with Crippen LogP contribution in [0.25, 0.3) is 0 Å². The van der Waals surface area contributed by atoms with Crippen LogP contribution in [0.3, 0.4) is 0 Å². The highest BCUT2D eigenvalue weighted by Gasteiger charge is 2.35. The topological polar surface area (TPSA) is 46.5 Å². The molecule has 0 aromatic carbocycles. The van der Waals surface area contributed by atoms with Crippen molar-refractivity contribution >= 4 is 17.7 Å². The quantitative estimate of drug-likeness (QED) is 0.722. The van der Waals surface area contributed by atoms with E-state index in [1.807, 2.05) is 13.8 Å². The second kappa shape index (κ2) is 5.50. The molecule has 0 heterocycles. The van der Waals surface area contributed by atoms with Crippen molar-refractivity contribution in [2.45, 2.75) is 37.2 Å². The summed E-state index contributed by atoms with van der Waals surface area (Å²) in [7, 11) is 1.53. The Labute approximate surface area is 83.9 Å². The van der Waals surface area contributed by atoms with E-state index >= 15 is 0 Å². The van der Waals surface area contributed by atoms with Crippen molar-refractivity contribution in [3.05, 3.63) is 0 Å². The first kappa shape index (κ1) is 12.8. The standard InChI is InChI=1S/C9H18O3S/c1-5-7(2)13-9(3,6-12-4)8(10)11/h7H,5-6H2,1-4H3,(H,10,11). The Hall–Kier alpha value is -0.220. The molecule has 0 bridgehead atoms. The van der Waals surface area contributed by atoms with Gasteiger partial charge in [0.25, 0.3) is 0 Å². The molecule has 0 aliphatic heterocycles. The van der Waals surface area contributed by atoms with Crippen molar-refractivity contribution < 1.29 is 14.6 Å². The lowest BCUT2D eigenvalue weighted by atomic mass is 10.2. The number of carboxylic acids is 1. The summed E-state index contributed by atoms with van der Waals surface area (Å²) in [6, 6.07) is 0. The number of methoxy groups -OCH3 is 1. The molecule has 0 spiro atoms. The van der Waals surface area contributed by atoms with Crippen LogP contribution in [0.5, 0.6) is 0 Å². The van der Waals surface area contributed by atoms with E-state index in [1.54, 1.807) is 6.92 Å². The maximum atomic E-state index is 11.0. The molecule has 0 radical (unpaired) electrons. The summed E-state index contributed by atoms with van der Waals surface area (Å²) in [6.45, 7) is 6.03. The Kier molecular flexibility index (Phi) is 5.40. The Morgan fingerprint density at radius 1 is 1.69 bits per heavy atom. The number of ether oxygens (including phenoxy) is 1. The zero-order valence-corrected chi connectivity index (χ0v) is 9.48. The molecule has 2 unspecified atom stereocenters. The molecule has 2 atom stereocenters. The third kappa shape index (κ3) is 4.00. The minimum Gasteiger partial charge on any atom is -0.480 e. The van der Waals surface area contributed by atoms with Crippen LogP contribution in [-0.2, 0) is 9.53 Å². The van der Waals surface area contributed by atoms with Gasteiger partial charge in [-0.15, -0.1) is 11.8 Å². The number of carboxylic acid groups (broad SMARTS) is 1. The summed E-state index contributed by atoms with van der Waals surface area (Å²) in [5.74, 6) is -0.806. The maximum absolute atomic E-state index is 11.0. The minimum absolute atomic E-state index is 0.247. The molecule has 13 heavy (non-hydrogen) atoms. The Morgan fingerprint density at radius 2 is 2.23 bits per heavy atom. The number of rotatable bonds is 6. The van der Waals surface area contributed by atoms with Crippen LogP contribution in [0.15, 0.2) is 0 Å². The molecule has 0 fully saturated rings. The van der Waals surface area contributed by atoms with E-state index in [9.17, 15) is 4.79 Å². The smallest absolute Gasteiger partial charge is 0.321 e. The highest BCUT2D eigenvalue weighted by Crippen LogP contribution is 2.31. The van der Waals surface area contributed by atoms with Crippen LogP contribution < -0.4 is 0 Å². The summed E-state index contributed by atoms with van der Waals surface area (Å²) in [5, 5.41) is 9.35. The highest BCUT2D eigenvalue weighted by molar-refractivity contribution is 8.02. The van der Waals surface area contributed by atoms with Crippen molar-refractivity contribution in [2.75, 3.05) is 13.7 Å². The fraction of sp³-hybridized carbons (Fsp3) is 0.889. The van der Waals surface area contributed by atoms with Crippen LogP contribution in [-0.4, -0.2) is 34.8 Å². The van der Waals surface area contributed by atoms with Crippen molar-refractivity contribution in [3.8, 4) is 0 Å². The van der Waals surface area contributed by atoms with E-state index in [0.717, 1.165) is 6.42 Å². The van der Waals surface area contributed by atoms with Crippen molar-refractivity contribution in [2.24, 2.45) is 0 Å². The molecule has 3 nitrogen and oxygen atoms in total. The molecule has 0 rings (SSSR count). The van der Waals surface area contributed by atoms with Gasteiger partial charge in [0.05, 0.1) is 6.61 Å². The molecule has 0 amide bonds. The summed E-state index contributed by atoms with van der Waals surface area (Å²) in [4.78, 5) is 11.0. The summed E-state index contributed by atoms with van der Waals surface area (Å²) < 4.78 is 4.10. The van der Waals surface area contributed by atoms with Crippen LogP contribution in [0.4, 0.5) is 0 Å². The Balaban J connectivity index is 4.32. The van der Waals surface area contributed by atoms with Crippen molar-refractivity contribution in [3.63, 3.8) is 0 Å². The largest absolute Gasteiger partial charge is 0.480 e. The number of hydrogen-bond donors (Lipinski definition) is 1. The molecule has 0 aliphatic carbocycles. The van der Waals surface area contributed by atoms with Gasteiger partial charge >= 0.3 is 5.97 Å². The number of aliphatic carboxylic acids is 1. The van der Waals surface area contributed by atoms with E-state index in [4.69, 9.17) is 9.84 Å². The second-order valence-corrected chi connectivity index (χ2v) is 5.25. The van der Waals surface area contributed by atoms with Crippen LogP contribution in [0, 0.1) is 0 Å². The van der Waals surface area contributed by atoms with E-state index in [2.05, 4.69) is 0 Å². The van der Waals surface area contributed by atoms with Crippen LogP contribution >= 0.6 is 11.8 Å². The zero-order valence-electron chi connectivity index (χ0n) is 8.66. The van der Waals surface area contributed by atoms with Gasteiger partial charge in [0.1, 0.15) is 4.75 Å². The molecule has 0 saturated carbocycles. The molecule has 0 saturated heterocycles. The molecule has 0 aromatic rings. The van der Waals surface area contributed by atoms with Crippen molar-refractivity contribution in [1.29, 1.82) is 0 Å². The molecule has 0 aliphatic rings. The third-order valence-electron chi connectivity index (χ3n) is 1.91. The average Bonchev–Trinajstić information content (AvgIpc) is 2.04. The molecular weight excluding hydrogens is 188 g/mol. The number of hydrogen-bond acceptors (Lipinski definition) is 3. The first-order chi connectivity index (χ1) is 5.96. The second-order valence-electron chi connectivity index (χ2n) is 3.31. The lowest BCUT2D eigenvalue weighted by molar-refractivity contribution is -0.140.